The number of carbonyl (C=O) groups excluding carboxylic acids is 1. The molecule has 1 fully saturated rings. The molecule has 2 heterocycles. The number of nitrogens with zero attached hydrogens (tertiary/aromatic N) is 1. The summed E-state index contributed by atoms with van der Waals surface area (Å²) in [6, 6.07) is 3.48. The summed E-state index contributed by atoms with van der Waals surface area (Å²) >= 11 is 1.30. The van der Waals surface area contributed by atoms with Crippen LogP contribution in [0.25, 0.3) is 0 Å². The van der Waals surface area contributed by atoms with Crippen LogP contribution in [0.15, 0.2) is 16.3 Å². The van der Waals surface area contributed by atoms with Gasteiger partial charge >= 0.3 is 0 Å². The normalized spacial score (nSPS) is 20.2. The average molecular weight is 302 g/mol. The molecule has 19 heavy (non-hydrogen) atoms. The molecule has 0 spiro atoms. The quantitative estimate of drug-likeness (QED) is 0.884. The molecule has 0 saturated carbocycles. The molecular formula is C12H18N2O3S2. The number of hydrogen-bond acceptors (Lipinski definition) is 4. The number of aryl methyl sites for hydroxylation is 1. The predicted molar refractivity (Wildman–Crippen MR) is 74.6 cm³/mol. The summed E-state index contributed by atoms with van der Waals surface area (Å²) in [6.45, 7) is 2.93. The Hall–Kier alpha value is -0.920. The van der Waals surface area contributed by atoms with Gasteiger partial charge in [0, 0.05) is 31.4 Å². The molecule has 0 aromatic carbocycles. The van der Waals surface area contributed by atoms with Gasteiger partial charge in [-0.3, -0.25) is 4.79 Å². The van der Waals surface area contributed by atoms with Gasteiger partial charge in [0.1, 0.15) is 4.21 Å². The average Bonchev–Trinajstić information content (AvgIpc) is 2.95. The van der Waals surface area contributed by atoms with E-state index in [0.717, 1.165) is 11.3 Å². The number of amides is 1. The lowest BCUT2D eigenvalue weighted by Crippen LogP contribution is -2.30. The molecule has 1 aliphatic heterocycles. The first-order valence-corrected chi connectivity index (χ1v) is 8.54. The van der Waals surface area contributed by atoms with Crippen molar-refractivity contribution in [3.8, 4) is 0 Å². The summed E-state index contributed by atoms with van der Waals surface area (Å²) in [7, 11) is -1.69. The molecule has 1 aromatic rings. The van der Waals surface area contributed by atoms with E-state index in [2.05, 4.69) is 4.72 Å². The molecule has 1 aromatic heterocycles. The van der Waals surface area contributed by atoms with Crippen LogP contribution in [-0.4, -0.2) is 39.4 Å². The fourth-order valence-electron chi connectivity index (χ4n) is 2.08. The van der Waals surface area contributed by atoms with E-state index in [-0.39, 0.29) is 11.8 Å². The van der Waals surface area contributed by atoms with Crippen molar-refractivity contribution in [1.29, 1.82) is 0 Å². The maximum absolute atomic E-state index is 12.1. The summed E-state index contributed by atoms with van der Waals surface area (Å²) < 4.78 is 27.1. The fourth-order valence-corrected chi connectivity index (χ4v) is 4.54. The molecule has 106 valence electrons. The molecular weight excluding hydrogens is 284 g/mol. The Morgan fingerprint density at radius 2 is 2.21 bits per heavy atom. The van der Waals surface area contributed by atoms with Crippen molar-refractivity contribution >= 4 is 27.3 Å². The Kier molecular flexibility index (Phi) is 4.27. The van der Waals surface area contributed by atoms with Crippen molar-refractivity contribution in [2.75, 3.05) is 20.1 Å². The van der Waals surface area contributed by atoms with Crippen LogP contribution in [0.4, 0.5) is 0 Å². The van der Waals surface area contributed by atoms with E-state index in [0.29, 0.717) is 23.7 Å². The standard InChI is InChI=1S/C12H18N2O3S2/c1-3-10-4-5-12(18-10)19(16,17)13-7-9-6-11(15)14(2)8-9/h4-5,9,13H,3,6-8H2,1-2H3. The third-order valence-electron chi connectivity index (χ3n) is 3.23. The molecule has 0 aliphatic carbocycles. The summed E-state index contributed by atoms with van der Waals surface area (Å²) in [5.74, 6) is 0.145. The Morgan fingerprint density at radius 3 is 2.74 bits per heavy atom. The second-order valence-corrected chi connectivity index (χ2v) is 7.93. The third kappa shape index (κ3) is 3.34. The molecule has 1 saturated heterocycles. The van der Waals surface area contributed by atoms with Crippen molar-refractivity contribution < 1.29 is 13.2 Å². The maximum atomic E-state index is 12.1. The highest BCUT2D eigenvalue weighted by Crippen LogP contribution is 2.22. The van der Waals surface area contributed by atoms with Crippen LogP contribution in [0, 0.1) is 5.92 Å². The third-order valence-corrected chi connectivity index (χ3v) is 6.38. The second kappa shape index (κ2) is 5.60. The van der Waals surface area contributed by atoms with Crippen molar-refractivity contribution in [3.05, 3.63) is 17.0 Å². The van der Waals surface area contributed by atoms with Crippen molar-refractivity contribution in [3.63, 3.8) is 0 Å². The molecule has 7 heteroatoms. The Morgan fingerprint density at radius 1 is 1.47 bits per heavy atom. The van der Waals surface area contributed by atoms with Crippen LogP contribution < -0.4 is 4.72 Å². The number of carbonyl (C=O) groups is 1. The van der Waals surface area contributed by atoms with Crippen molar-refractivity contribution in [1.82, 2.24) is 9.62 Å². The van der Waals surface area contributed by atoms with Gasteiger partial charge in [-0.2, -0.15) is 0 Å². The smallest absolute Gasteiger partial charge is 0.250 e. The van der Waals surface area contributed by atoms with E-state index < -0.39 is 10.0 Å². The minimum absolute atomic E-state index is 0.0675. The molecule has 0 bridgehead atoms. The maximum Gasteiger partial charge on any atom is 0.250 e. The molecule has 1 unspecified atom stereocenters. The van der Waals surface area contributed by atoms with Gasteiger partial charge in [0.25, 0.3) is 0 Å². The first-order chi connectivity index (χ1) is 8.92. The first kappa shape index (κ1) is 14.5. The van der Waals surface area contributed by atoms with E-state index >= 15 is 0 Å². The van der Waals surface area contributed by atoms with Crippen molar-refractivity contribution in [2.24, 2.45) is 5.92 Å². The van der Waals surface area contributed by atoms with Crippen molar-refractivity contribution in [2.45, 2.75) is 24.0 Å². The molecule has 0 radical (unpaired) electrons. The van der Waals surface area contributed by atoms with Crippen LogP contribution in [0.3, 0.4) is 0 Å². The van der Waals surface area contributed by atoms with Gasteiger partial charge in [-0.05, 0) is 24.5 Å². The van der Waals surface area contributed by atoms with E-state index in [1.54, 1.807) is 18.0 Å². The van der Waals surface area contributed by atoms with E-state index in [4.69, 9.17) is 0 Å². The molecule has 2 rings (SSSR count). The molecule has 5 nitrogen and oxygen atoms in total. The molecule has 1 N–H and O–H groups in total. The Labute approximate surface area is 117 Å². The zero-order chi connectivity index (χ0) is 14.0. The molecule has 1 amide bonds. The highest BCUT2D eigenvalue weighted by Gasteiger charge is 2.28. The Balaban J connectivity index is 1.96. The van der Waals surface area contributed by atoms with E-state index in [1.807, 2.05) is 13.0 Å². The lowest BCUT2D eigenvalue weighted by atomic mass is 10.1. The topological polar surface area (TPSA) is 66.5 Å². The lowest BCUT2D eigenvalue weighted by molar-refractivity contribution is -0.126. The van der Waals surface area contributed by atoms with Gasteiger partial charge in [0.15, 0.2) is 0 Å². The van der Waals surface area contributed by atoms with Crippen LogP contribution in [-0.2, 0) is 21.2 Å². The van der Waals surface area contributed by atoms with Gasteiger partial charge in [0.05, 0.1) is 0 Å². The zero-order valence-electron chi connectivity index (χ0n) is 11.0. The van der Waals surface area contributed by atoms with Crippen LogP contribution >= 0.6 is 11.3 Å². The van der Waals surface area contributed by atoms with Gasteiger partial charge < -0.3 is 4.90 Å². The van der Waals surface area contributed by atoms with Gasteiger partial charge in [0.2, 0.25) is 15.9 Å². The van der Waals surface area contributed by atoms with E-state index in [1.165, 1.54) is 11.3 Å². The largest absolute Gasteiger partial charge is 0.345 e. The highest BCUT2D eigenvalue weighted by atomic mass is 32.2. The molecule has 1 atom stereocenters. The summed E-state index contributed by atoms with van der Waals surface area (Å²) in [6.07, 6.45) is 1.26. The van der Waals surface area contributed by atoms with Gasteiger partial charge in [-0.25, -0.2) is 13.1 Å². The number of sulfonamides is 1. The number of rotatable bonds is 5. The molecule has 1 aliphatic rings. The monoisotopic (exact) mass is 302 g/mol. The minimum Gasteiger partial charge on any atom is -0.345 e. The summed E-state index contributed by atoms with van der Waals surface area (Å²) in [5.41, 5.74) is 0. The van der Waals surface area contributed by atoms with Crippen LogP contribution in [0.1, 0.15) is 18.2 Å². The van der Waals surface area contributed by atoms with Crippen LogP contribution in [0.5, 0.6) is 0 Å². The zero-order valence-corrected chi connectivity index (χ0v) is 12.7. The summed E-state index contributed by atoms with van der Waals surface area (Å²) in [4.78, 5) is 14.1. The Bertz CT molecular complexity index is 565. The first-order valence-electron chi connectivity index (χ1n) is 6.24. The highest BCUT2D eigenvalue weighted by molar-refractivity contribution is 7.91. The number of nitrogens with one attached hydrogen (secondary N) is 1. The lowest BCUT2D eigenvalue weighted by Gasteiger charge is -2.11. The summed E-state index contributed by atoms with van der Waals surface area (Å²) in [5, 5.41) is 0. The predicted octanol–water partition coefficient (Wildman–Crippen LogP) is 1.07. The van der Waals surface area contributed by atoms with Gasteiger partial charge in [-0.15, -0.1) is 11.3 Å². The number of hydrogen-bond donors (Lipinski definition) is 1. The fraction of sp³-hybridized carbons (Fsp3) is 0.583. The number of likely N-dealkylation sites (tertiary alicyclic amines) is 1. The SMILES string of the molecule is CCc1ccc(S(=O)(=O)NCC2CC(=O)N(C)C2)s1. The second-order valence-electron chi connectivity index (χ2n) is 4.77. The number of thiophene rings is 1. The van der Waals surface area contributed by atoms with E-state index in [9.17, 15) is 13.2 Å². The van der Waals surface area contributed by atoms with Crippen LogP contribution in [0.2, 0.25) is 0 Å². The minimum atomic E-state index is -3.43. The van der Waals surface area contributed by atoms with Gasteiger partial charge in [-0.1, -0.05) is 6.92 Å².